The summed E-state index contributed by atoms with van der Waals surface area (Å²) < 4.78 is 0. The number of aryl methyl sites for hydroxylation is 1. The Bertz CT molecular complexity index is 365. The van der Waals surface area contributed by atoms with Crippen molar-refractivity contribution >= 4 is 12.0 Å². The van der Waals surface area contributed by atoms with Crippen molar-refractivity contribution < 1.29 is 0 Å². The molecule has 0 unspecified atom stereocenters. The molecule has 0 N–H and O–H groups in total. The van der Waals surface area contributed by atoms with Crippen LogP contribution in [0, 0.1) is 0 Å². The summed E-state index contributed by atoms with van der Waals surface area (Å²) in [5, 5.41) is 6.04. The number of hydrogen-bond acceptors (Lipinski definition) is 3. The summed E-state index contributed by atoms with van der Waals surface area (Å²) >= 11 is 0. The van der Waals surface area contributed by atoms with E-state index in [1.807, 2.05) is 17.3 Å². The number of hydrogen-bond donors (Lipinski definition) is 0. The number of pyridine rings is 1. The van der Waals surface area contributed by atoms with Crippen molar-refractivity contribution in [3.05, 3.63) is 36.0 Å². The molecule has 0 spiro atoms. The summed E-state index contributed by atoms with van der Waals surface area (Å²) in [6.45, 7) is 6.71. The lowest BCUT2D eigenvalue weighted by Gasteiger charge is -2.12. The molecule has 1 aromatic heterocycles. The van der Waals surface area contributed by atoms with Crippen LogP contribution in [0.2, 0.25) is 0 Å². The molecule has 2 heterocycles. The number of anilines is 1. The van der Waals surface area contributed by atoms with Crippen LogP contribution in [0.25, 0.3) is 0 Å². The number of nitrogens with zero attached hydrogens (tertiary/aromatic N) is 3. The molecule has 0 saturated carbocycles. The smallest absolute Gasteiger partial charge is 0.149 e. The Balaban J connectivity index is 2.17. The van der Waals surface area contributed by atoms with Crippen LogP contribution in [-0.2, 0) is 6.42 Å². The first kappa shape index (κ1) is 8.94. The van der Waals surface area contributed by atoms with E-state index in [4.69, 9.17) is 0 Å². The number of hydrazone groups is 1. The molecule has 0 saturated heterocycles. The SMILES string of the molecule is C=C1C=NN(c2ccc(CC)cn2)C1. The van der Waals surface area contributed by atoms with Gasteiger partial charge in [0, 0.05) is 6.20 Å². The Hall–Kier alpha value is -1.64. The number of aromatic nitrogens is 1. The molecule has 0 amide bonds. The lowest BCUT2D eigenvalue weighted by atomic mass is 10.2. The van der Waals surface area contributed by atoms with E-state index in [9.17, 15) is 0 Å². The lowest BCUT2D eigenvalue weighted by Crippen LogP contribution is -2.14. The first-order valence-electron chi connectivity index (χ1n) is 4.74. The second kappa shape index (κ2) is 3.62. The third-order valence-electron chi connectivity index (χ3n) is 2.21. The monoisotopic (exact) mass is 187 g/mol. The van der Waals surface area contributed by atoms with Gasteiger partial charge in [-0.3, -0.25) is 0 Å². The minimum atomic E-state index is 0.748. The fraction of sp³-hybridized carbons (Fsp3) is 0.273. The summed E-state index contributed by atoms with van der Waals surface area (Å²) in [5.41, 5.74) is 2.27. The standard InChI is InChI=1S/C11H13N3/c1-3-10-4-5-11(12-7-10)14-8-9(2)6-13-14/h4-7H,2-3,8H2,1H3. The van der Waals surface area contributed by atoms with Gasteiger partial charge in [-0.05, 0) is 23.6 Å². The van der Waals surface area contributed by atoms with E-state index in [1.54, 1.807) is 6.21 Å². The zero-order valence-electron chi connectivity index (χ0n) is 8.27. The van der Waals surface area contributed by atoms with Crippen molar-refractivity contribution in [2.24, 2.45) is 5.10 Å². The van der Waals surface area contributed by atoms with E-state index >= 15 is 0 Å². The van der Waals surface area contributed by atoms with E-state index in [-0.39, 0.29) is 0 Å². The van der Waals surface area contributed by atoms with E-state index in [2.05, 4.69) is 29.7 Å². The van der Waals surface area contributed by atoms with Crippen LogP contribution in [0.15, 0.2) is 35.6 Å². The molecular formula is C11H13N3. The second-order valence-corrected chi connectivity index (χ2v) is 3.34. The zero-order chi connectivity index (χ0) is 9.97. The largest absolute Gasteiger partial charge is 0.243 e. The zero-order valence-corrected chi connectivity index (χ0v) is 8.27. The minimum Gasteiger partial charge on any atom is -0.243 e. The van der Waals surface area contributed by atoms with Crippen molar-refractivity contribution in [1.82, 2.24) is 4.98 Å². The van der Waals surface area contributed by atoms with Gasteiger partial charge < -0.3 is 0 Å². The van der Waals surface area contributed by atoms with E-state index in [1.165, 1.54) is 5.56 Å². The average Bonchev–Trinajstić information content (AvgIpc) is 2.65. The summed E-state index contributed by atoms with van der Waals surface area (Å²) in [5.74, 6) is 0.886. The Morgan fingerprint density at radius 3 is 2.86 bits per heavy atom. The highest BCUT2D eigenvalue weighted by Crippen LogP contribution is 2.16. The number of rotatable bonds is 2. The van der Waals surface area contributed by atoms with Gasteiger partial charge in [-0.2, -0.15) is 5.10 Å². The summed E-state index contributed by atoms with van der Waals surface area (Å²) in [6.07, 6.45) is 4.69. The topological polar surface area (TPSA) is 28.5 Å². The summed E-state index contributed by atoms with van der Waals surface area (Å²) in [7, 11) is 0. The van der Waals surface area contributed by atoms with Crippen molar-refractivity contribution in [3.63, 3.8) is 0 Å². The molecule has 0 atom stereocenters. The highest BCUT2D eigenvalue weighted by molar-refractivity contribution is 5.83. The van der Waals surface area contributed by atoms with Crippen LogP contribution >= 0.6 is 0 Å². The van der Waals surface area contributed by atoms with Crippen molar-refractivity contribution in [1.29, 1.82) is 0 Å². The van der Waals surface area contributed by atoms with Gasteiger partial charge in [0.05, 0.1) is 12.8 Å². The molecule has 0 aromatic carbocycles. The van der Waals surface area contributed by atoms with Crippen LogP contribution in [0.4, 0.5) is 5.82 Å². The Labute approximate surface area is 83.8 Å². The molecule has 14 heavy (non-hydrogen) atoms. The van der Waals surface area contributed by atoms with Gasteiger partial charge in [0.25, 0.3) is 0 Å². The average molecular weight is 187 g/mol. The Morgan fingerprint density at radius 1 is 1.50 bits per heavy atom. The van der Waals surface area contributed by atoms with Gasteiger partial charge in [0.2, 0.25) is 0 Å². The molecule has 0 bridgehead atoms. The molecule has 2 rings (SSSR count). The molecule has 1 aliphatic rings. The third-order valence-corrected chi connectivity index (χ3v) is 2.21. The fourth-order valence-corrected chi connectivity index (χ4v) is 1.34. The summed E-state index contributed by atoms with van der Waals surface area (Å²) in [6, 6.07) is 4.08. The maximum atomic E-state index is 4.34. The van der Waals surface area contributed by atoms with Crippen LogP contribution < -0.4 is 5.01 Å². The molecule has 3 heteroatoms. The molecule has 3 nitrogen and oxygen atoms in total. The highest BCUT2D eigenvalue weighted by Gasteiger charge is 2.11. The van der Waals surface area contributed by atoms with Gasteiger partial charge in [-0.25, -0.2) is 9.99 Å². The maximum absolute atomic E-state index is 4.34. The van der Waals surface area contributed by atoms with Crippen LogP contribution in [-0.4, -0.2) is 17.7 Å². The predicted octanol–water partition coefficient (Wildman–Crippen LogP) is 2.01. The predicted molar refractivity (Wildman–Crippen MR) is 58.6 cm³/mol. The highest BCUT2D eigenvalue weighted by atomic mass is 15.5. The van der Waals surface area contributed by atoms with E-state index in [0.29, 0.717) is 0 Å². The van der Waals surface area contributed by atoms with Gasteiger partial charge in [-0.1, -0.05) is 19.6 Å². The Morgan fingerprint density at radius 2 is 2.36 bits per heavy atom. The molecule has 72 valence electrons. The van der Waals surface area contributed by atoms with Gasteiger partial charge in [0.1, 0.15) is 5.82 Å². The van der Waals surface area contributed by atoms with Crippen LogP contribution in [0.5, 0.6) is 0 Å². The van der Waals surface area contributed by atoms with Crippen LogP contribution in [0.3, 0.4) is 0 Å². The Kier molecular flexibility index (Phi) is 2.31. The van der Waals surface area contributed by atoms with Crippen molar-refractivity contribution in [2.45, 2.75) is 13.3 Å². The third kappa shape index (κ3) is 1.66. The molecule has 0 fully saturated rings. The molecule has 0 aliphatic carbocycles. The van der Waals surface area contributed by atoms with E-state index < -0.39 is 0 Å². The molecule has 1 aromatic rings. The lowest BCUT2D eigenvalue weighted by molar-refractivity contribution is 0.933. The molecule has 1 aliphatic heterocycles. The fourth-order valence-electron chi connectivity index (χ4n) is 1.34. The quantitative estimate of drug-likeness (QED) is 0.708. The van der Waals surface area contributed by atoms with Crippen molar-refractivity contribution in [2.75, 3.05) is 11.6 Å². The van der Waals surface area contributed by atoms with Crippen LogP contribution in [0.1, 0.15) is 12.5 Å². The van der Waals surface area contributed by atoms with Crippen molar-refractivity contribution in [3.8, 4) is 0 Å². The minimum absolute atomic E-state index is 0.748. The summed E-state index contributed by atoms with van der Waals surface area (Å²) in [4.78, 5) is 4.34. The van der Waals surface area contributed by atoms with E-state index in [0.717, 1.165) is 24.4 Å². The molecular weight excluding hydrogens is 174 g/mol. The normalized spacial score (nSPS) is 15.2. The first-order chi connectivity index (χ1) is 6.79. The molecule has 0 radical (unpaired) electrons. The maximum Gasteiger partial charge on any atom is 0.149 e. The van der Waals surface area contributed by atoms with Gasteiger partial charge in [-0.15, -0.1) is 0 Å². The van der Waals surface area contributed by atoms with Gasteiger partial charge >= 0.3 is 0 Å². The van der Waals surface area contributed by atoms with Gasteiger partial charge in [0.15, 0.2) is 0 Å². The first-order valence-corrected chi connectivity index (χ1v) is 4.74. The second-order valence-electron chi connectivity index (χ2n) is 3.34.